The van der Waals surface area contributed by atoms with Crippen molar-refractivity contribution in [2.45, 2.75) is 19.9 Å². The maximum Gasteiger partial charge on any atom is 0.230 e. The van der Waals surface area contributed by atoms with Crippen molar-refractivity contribution in [2.75, 3.05) is 11.5 Å². The summed E-state index contributed by atoms with van der Waals surface area (Å²) in [6, 6.07) is 8.63. The number of halogens is 1. The van der Waals surface area contributed by atoms with Gasteiger partial charge in [-0.3, -0.25) is 4.68 Å². The number of H-pyrrole nitrogens is 1. The third-order valence-corrected chi connectivity index (χ3v) is 6.43. The lowest BCUT2D eigenvalue weighted by atomic mass is 10.0. The highest BCUT2D eigenvalue weighted by molar-refractivity contribution is 8.00. The van der Waals surface area contributed by atoms with Crippen LogP contribution in [0.4, 0.5) is 4.39 Å². The number of fused-ring (bicyclic) bond motifs is 1. The molecule has 0 unspecified atom stereocenters. The molecule has 7 nitrogen and oxygen atoms in total. The van der Waals surface area contributed by atoms with Crippen LogP contribution >= 0.6 is 11.8 Å². The van der Waals surface area contributed by atoms with Crippen LogP contribution in [0.15, 0.2) is 59.8 Å². The van der Waals surface area contributed by atoms with E-state index in [-0.39, 0.29) is 5.82 Å². The topological polar surface area (TPSA) is 85.4 Å². The second-order valence-electron chi connectivity index (χ2n) is 7.09. The molecule has 9 heteroatoms. The van der Waals surface area contributed by atoms with Gasteiger partial charge in [-0.25, -0.2) is 19.3 Å². The fraction of sp³-hybridized carbons (Fsp3) is 0.217. The first-order chi connectivity index (χ1) is 15.8. The molecule has 1 N–H and O–H groups in total. The van der Waals surface area contributed by atoms with Gasteiger partial charge in [-0.2, -0.15) is 16.9 Å². The minimum atomic E-state index is -0.279. The van der Waals surface area contributed by atoms with Crippen molar-refractivity contribution >= 4 is 22.9 Å². The van der Waals surface area contributed by atoms with E-state index in [1.165, 1.54) is 18.5 Å². The van der Waals surface area contributed by atoms with E-state index >= 15 is 0 Å². The molecule has 32 heavy (non-hydrogen) atoms. The second-order valence-corrected chi connectivity index (χ2v) is 8.16. The van der Waals surface area contributed by atoms with Gasteiger partial charge >= 0.3 is 0 Å². The van der Waals surface area contributed by atoms with Crippen LogP contribution in [-0.2, 0) is 0 Å². The number of imidazole rings is 1. The number of nitrogens with one attached hydrogen (secondary N) is 1. The molecule has 0 aliphatic carbocycles. The lowest BCUT2D eigenvalue weighted by Gasteiger charge is -2.24. The highest BCUT2D eigenvalue weighted by Gasteiger charge is 2.25. The number of benzene rings is 1. The minimum Gasteiger partial charge on any atom is -0.436 e. The van der Waals surface area contributed by atoms with Gasteiger partial charge in [0.05, 0.1) is 29.6 Å². The molecule has 5 aromatic rings. The zero-order chi connectivity index (χ0) is 22.1. The van der Waals surface area contributed by atoms with Gasteiger partial charge in [0.1, 0.15) is 23.5 Å². The number of hydrogen-bond acceptors (Lipinski definition) is 6. The highest BCUT2D eigenvalue weighted by Crippen LogP contribution is 2.38. The van der Waals surface area contributed by atoms with Crippen LogP contribution in [0.1, 0.15) is 19.9 Å². The number of rotatable bonds is 4. The Morgan fingerprint density at radius 1 is 1.12 bits per heavy atom. The standard InChI is InChI=1S/C21H15FN6OS.C2H6/c22-13-3-1-12(2-4-13)19-16(7-28(27-19)14-8-30-9-14)20-15-5-18(17-6-23-10-24-17)29-21(15)26-11-25-20;1-2/h1-7,10-11,14H,8-9H2,(H,23,24);1-2H3. The van der Waals surface area contributed by atoms with Crippen LogP contribution in [-0.4, -0.2) is 41.2 Å². The van der Waals surface area contributed by atoms with Crippen molar-refractivity contribution < 1.29 is 8.81 Å². The number of hydrogen-bond donors (Lipinski definition) is 1. The molecule has 1 aliphatic heterocycles. The Morgan fingerprint density at radius 2 is 1.94 bits per heavy atom. The molecule has 162 valence electrons. The highest BCUT2D eigenvalue weighted by atomic mass is 32.2. The summed E-state index contributed by atoms with van der Waals surface area (Å²) in [5.41, 5.74) is 4.44. The molecule has 0 spiro atoms. The van der Waals surface area contributed by atoms with Gasteiger partial charge in [-0.05, 0) is 30.3 Å². The molecule has 0 bridgehead atoms. The molecule has 0 saturated carbocycles. The van der Waals surface area contributed by atoms with E-state index in [4.69, 9.17) is 9.52 Å². The van der Waals surface area contributed by atoms with E-state index in [1.54, 1.807) is 24.7 Å². The van der Waals surface area contributed by atoms with E-state index in [0.717, 1.165) is 45.1 Å². The van der Waals surface area contributed by atoms with E-state index < -0.39 is 0 Å². The summed E-state index contributed by atoms with van der Waals surface area (Å²) in [7, 11) is 0. The number of furan rings is 1. The average molecular weight is 449 g/mol. The van der Waals surface area contributed by atoms with Crippen molar-refractivity contribution in [2.24, 2.45) is 0 Å². The van der Waals surface area contributed by atoms with Crippen LogP contribution in [0, 0.1) is 5.82 Å². The number of aromatic nitrogens is 6. The van der Waals surface area contributed by atoms with Crippen LogP contribution in [0.2, 0.25) is 0 Å². The zero-order valence-corrected chi connectivity index (χ0v) is 18.4. The van der Waals surface area contributed by atoms with Crippen LogP contribution in [0.5, 0.6) is 0 Å². The number of nitrogens with zero attached hydrogens (tertiary/aromatic N) is 5. The lowest BCUT2D eigenvalue weighted by Crippen LogP contribution is -2.23. The van der Waals surface area contributed by atoms with Gasteiger partial charge < -0.3 is 9.40 Å². The molecule has 0 amide bonds. The van der Waals surface area contributed by atoms with Gasteiger partial charge in [0.25, 0.3) is 0 Å². The quantitative estimate of drug-likeness (QED) is 0.385. The minimum absolute atomic E-state index is 0.279. The Hall–Kier alpha value is -3.46. The summed E-state index contributed by atoms with van der Waals surface area (Å²) in [6.45, 7) is 4.00. The molecular formula is C23H21FN6OS. The summed E-state index contributed by atoms with van der Waals surface area (Å²) >= 11 is 1.89. The molecule has 0 radical (unpaired) electrons. The van der Waals surface area contributed by atoms with Gasteiger partial charge in [-0.15, -0.1) is 0 Å². The molecule has 0 atom stereocenters. The molecule has 5 heterocycles. The number of thioether (sulfide) groups is 1. The summed E-state index contributed by atoms with van der Waals surface area (Å²) < 4.78 is 21.4. The third kappa shape index (κ3) is 3.58. The van der Waals surface area contributed by atoms with Gasteiger partial charge in [0.2, 0.25) is 5.71 Å². The van der Waals surface area contributed by atoms with Crippen molar-refractivity contribution in [1.29, 1.82) is 0 Å². The van der Waals surface area contributed by atoms with Crippen molar-refractivity contribution in [1.82, 2.24) is 29.7 Å². The average Bonchev–Trinajstić information content (AvgIpc) is 3.53. The SMILES string of the molecule is CC.Fc1ccc(-c2nn(C3CSC3)cc2-c2ncnc3oc(-c4cnc[nH]4)cc23)cc1. The largest absolute Gasteiger partial charge is 0.436 e. The predicted molar refractivity (Wildman–Crippen MR) is 124 cm³/mol. The van der Waals surface area contributed by atoms with E-state index in [2.05, 4.69) is 19.9 Å². The molecule has 6 rings (SSSR count). The Kier molecular flexibility index (Phi) is 5.48. The molecule has 1 aliphatic rings. The Balaban J connectivity index is 0.00000105. The van der Waals surface area contributed by atoms with Crippen LogP contribution < -0.4 is 0 Å². The fourth-order valence-electron chi connectivity index (χ4n) is 3.54. The smallest absolute Gasteiger partial charge is 0.230 e. The fourth-order valence-corrected chi connectivity index (χ4v) is 4.29. The maximum atomic E-state index is 13.5. The van der Waals surface area contributed by atoms with Crippen LogP contribution in [0.25, 0.3) is 45.1 Å². The van der Waals surface area contributed by atoms with E-state index in [9.17, 15) is 4.39 Å². The normalized spacial score (nSPS) is 13.6. The summed E-state index contributed by atoms with van der Waals surface area (Å²) in [5, 5.41) is 5.63. The molecular weight excluding hydrogens is 427 g/mol. The molecule has 1 aromatic carbocycles. The predicted octanol–water partition coefficient (Wildman–Crippen LogP) is 5.60. The van der Waals surface area contributed by atoms with Gasteiger partial charge in [0.15, 0.2) is 5.76 Å². The van der Waals surface area contributed by atoms with E-state index in [1.807, 2.05) is 42.6 Å². The lowest BCUT2D eigenvalue weighted by molar-refractivity contribution is 0.528. The summed E-state index contributed by atoms with van der Waals surface area (Å²) in [6.07, 6.45) is 6.81. The second kappa shape index (κ2) is 8.58. The Labute approximate surface area is 188 Å². The van der Waals surface area contributed by atoms with Crippen LogP contribution in [0.3, 0.4) is 0 Å². The molecule has 1 fully saturated rings. The van der Waals surface area contributed by atoms with E-state index in [0.29, 0.717) is 17.5 Å². The van der Waals surface area contributed by atoms with Gasteiger partial charge in [-0.1, -0.05) is 13.8 Å². The monoisotopic (exact) mass is 448 g/mol. The molecule has 1 saturated heterocycles. The Bertz CT molecular complexity index is 1340. The number of aromatic amines is 1. The van der Waals surface area contributed by atoms with Crippen molar-refractivity contribution in [3.05, 3.63) is 61.2 Å². The maximum absolute atomic E-state index is 13.5. The third-order valence-electron chi connectivity index (χ3n) is 5.19. The molecule has 4 aromatic heterocycles. The summed E-state index contributed by atoms with van der Waals surface area (Å²) in [4.78, 5) is 15.9. The first kappa shape index (κ1) is 20.4. The first-order valence-electron chi connectivity index (χ1n) is 10.4. The van der Waals surface area contributed by atoms with Crippen molar-refractivity contribution in [3.63, 3.8) is 0 Å². The zero-order valence-electron chi connectivity index (χ0n) is 17.6. The van der Waals surface area contributed by atoms with Crippen molar-refractivity contribution in [3.8, 4) is 34.0 Å². The summed E-state index contributed by atoms with van der Waals surface area (Å²) in [5.74, 6) is 2.41. The van der Waals surface area contributed by atoms with Gasteiger partial charge in [0, 0.05) is 28.8 Å². The Morgan fingerprint density at radius 3 is 2.62 bits per heavy atom. The first-order valence-corrected chi connectivity index (χ1v) is 11.6.